The summed E-state index contributed by atoms with van der Waals surface area (Å²) >= 11 is 0. The number of rotatable bonds is 5. The average Bonchev–Trinajstić information content (AvgIpc) is 2.51. The number of benzene rings is 1. The lowest BCUT2D eigenvalue weighted by molar-refractivity contribution is 0.175. The molecule has 1 saturated heterocycles. The number of nitrogens with two attached hydrogens (primary N) is 1. The van der Waals surface area contributed by atoms with E-state index in [1.807, 2.05) is 25.1 Å². The van der Waals surface area contributed by atoms with Gasteiger partial charge in [-0.3, -0.25) is 4.99 Å². The van der Waals surface area contributed by atoms with E-state index >= 15 is 0 Å². The summed E-state index contributed by atoms with van der Waals surface area (Å²) in [4.78, 5) is 6.81. The van der Waals surface area contributed by atoms with Gasteiger partial charge in [0.1, 0.15) is 0 Å². The lowest BCUT2D eigenvalue weighted by Gasteiger charge is -2.32. The van der Waals surface area contributed by atoms with Crippen LogP contribution in [-0.4, -0.2) is 41.7 Å². The van der Waals surface area contributed by atoms with Gasteiger partial charge in [-0.2, -0.15) is 0 Å². The molecule has 2 rings (SSSR count). The zero-order chi connectivity index (χ0) is 15.9. The maximum absolute atomic E-state index is 9.74. The highest BCUT2D eigenvalue weighted by Crippen LogP contribution is 2.22. The van der Waals surface area contributed by atoms with Gasteiger partial charge in [-0.05, 0) is 37.7 Å². The Kier molecular flexibility index (Phi) is 8.91. The first-order chi connectivity index (χ1) is 10.6. The lowest BCUT2D eigenvalue weighted by Crippen LogP contribution is -2.43. The molecule has 0 saturated carbocycles. The largest absolute Gasteiger partial charge is 0.393 e. The topological polar surface area (TPSA) is 61.9 Å². The van der Waals surface area contributed by atoms with Crippen molar-refractivity contribution in [2.75, 3.05) is 19.6 Å². The van der Waals surface area contributed by atoms with Crippen LogP contribution in [0.5, 0.6) is 0 Å². The molecular weight excluding hydrogens is 401 g/mol. The first-order valence-electron chi connectivity index (χ1n) is 8.34. The number of aliphatic hydroxyl groups excluding tert-OH is 1. The van der Waals surface area contributed by atoms with Gasteiger partial charge in [0.25, 0.3) is 0 Å². The van der Waals surface area contributed by atoms with Gasteiger partial charge in [0, 0.05) is 25.6 Å². The van der Waals surface area contributed by atoms with Gasteiger partial charge in [-0.25, -0.2) is 0 Å². The molecular formula is C18H30IN3O. The van der Waals surface area contributed by atoms with Crippen LogP contribution in [0.15, 0.2) is 35.3 Å². The summed E-state index contributed by atoms with van der Waals surface area (Å²) in [5, 5.41) is 9.74. The fourth-order valence-corrected chi connectivity index (χ4v) is 3.15. The first kappa shape index (κ1) is 20.2. The normalized spacial score (nSPS) is 21.4. The summed E-state index contributed by atoms with van der Waals surface area (Å²) in [6, 6.07) is 10.3. The number of aliphatic imine (C=N–C) groups is 1. The van der Waals surface area contributed by atoms with Crippen LogP contribution in [0.2, 0.25) is 0 Å². The molecule has 0 radical (unpaired) electrons. The predicted molar refractivity (Wildman–Crippen MR) is 107 cm³/mol. The minimum atomic E-state index is -0.336. The van der Waals surface area contributed by atoms with Gasteiger partial charge in [0.15, 0.2) is 5.96 Å². The van der Waals surface area contributed by atoms with Gasteiger partial charge in [0.05, 0.1) is 6.10 Å². The molecule has 0 bridgehead atoms. The molecule has 3 N–H and O–H groups in total. The highest BCUT2D eigenvalue weighted by Gasteiger charge is 2.19. The van der Waals surface area contributed by atoms with Crippen molar-refractivity contribution in [3.8, 4) is 0 Å². The number of hydrogen-bond donors (Lipinski definition) is 2. The summed E-state index contributed by atoms with van der Waals surface area (Å²) < 4.78 is 0. The Hall–Kier alpha value is -0.820. The molecule has 1 aromatic rings. The molecule has 1 aliphatic heterocycles. The fourth-order valence-electron chi connectivity index (χ4n) is 3.15. The molecule has 0 aliphatic carbocycles. The Morgan fingerprint density at radius 1 is 1.39 bits per heavy atom. The van der Waals surface area contributed by atoms with Gasteiger partial charge < -0.3 is 15.7 Å². The van der Waals surface area contributed by atoms with Crippen molar-refractivity contribution in [1.82, 2.24) is 4.90 Å². The van der Waals surface area contributed by atoms with Crippen LogP contribution in [0, 0.1) is 5.92 Å². The quantitative estimate of drug-likeness (QED) is 0.428. The van der Waals surface area contributed by atoms with Crippen LogP contribution in [0.25, 0.3) is 0 Å². The van der Waals surface area contributed by atoms with E-state index in [9.17, 15) is 5.11 Å². The zero-order valence-corrected chi connectivity index (χ0v) is 16.5. The molecule has 3 unspecified atom stereocenters. The second-order valence-electron chi connectivity index (χ2n) is 6.58. The maximum Gasteiger partial charge on any atom is 0.191 e. The number of piperidine rings is 1. The molecule has 5 heteroatoms. The van der Waals surface area contributed by atoms with Crippen LogP contribution in [-0.2, 0) is 0 Å². The molecule has 0 amide bonds. The SMILES string of the molecule is CC(O)CC(CN=C(N)N1CCCC(C)C1)c1ccccc1.I. The smallest absolute Gasteiger partial charge is 0.191 e. The van der Waals surface area contributed by atoms with E-state index in [0.717, 1.165) is 13.1 Å². The van der Waals surface area contributed by atoms with Crippen LogP contribution in [0.4, 0.5) is 0 Å². The molecule has 0 aromatic heterocycles. The molecule has 4 nitrogen and oxygen atoms in total. The molecule has 1 fully saturated rings. The first-order valence-corrected chi connectivity index (χ1v) is 8.34. The zero-order valence-electron chi connectivity index (χ0n) is 14.2. The number of guanidine groups is 1. The lowest BCUT2D eigenvalue weighted by atomic mass is 9.93. The molecule has 0 spiro atoms. The molecule has 1 aromatic carbocycles. The molecule has 1 heterocycles. The molecule has 23 heavy (non-hydrogen) atoms. The molecule has 130 valence electrons. The number of nitrogens with zero attached hydrogens (tertiary/aromatic N) is 2. The Morgan fingerprint density at radius 2 is 2.09 bits per heavy atom. The standard InChI is InChI=1S/C18H29N3O.HI/c1-14-7-6-10-21(13-14)18(19)20-12-17(11-15(2)22)16-8-4-3-5-9-16;/h3-5,8-9,14-15,17,22H,6-7,10-13H2,1-2H3,(H2,19,20);1H. The number of halogens is 1. The average molecular weight is 431 g/mol. The predicted octanol–water partition coefficient (Wildman–Crippen LogP) is 3.21. The highest BCUT2D eigenvalue weighted by atomic mass is 127. The van der Waals surface area contributed by atoms with Gasteiger partial charge in [-0.15, -0.1) is 24.0 Å². The third kappa shape index (κ3) is 6.67. The monoisotopic (exact) mass is 431 g/mol. The van der Waals surface area contributed by atoms with Crippen LogP contribution >= 0.6 is 24.0 Å². The van der Waals surface area contributed by atoms with E-state index in [-0.39, 0.29) is 36.0 Å². The second kappa shape index (κ2) is 10.1. The summed E-state index contributed by atoms with van der Waals surface area (Å²) in [6.45, 7) is 6.73. The van der Waals surface area contributed by atoms with Crippen molar-refractivity contribution in [2.24, 2.45) is 16.6 Å². The summed E-state index contributed by atoms with van der Waals surface area (Å²) in [6.07, 6.45) is 2.83. The van der Waals surface area contributed by atoms with E-state index in [1.54, 1.807) is 0 Å². The second-order valence-corrected chi connectivity index (χ2v) is 6.58. The number of hydrogen-bond acceptors (Lipinski definition) is 2. The van der Waals surface area contributed by atoms with Gasteiger partial charge in [-0.1, -0.05) is 37.3 Å². The van der Waals surface area contributed by atoms with Gasteiger partial charge >= 0.3 is 0 Å². The van der Waals surface area contributed by atoms with E-state index in [4.69, 9.17) is 5.73 Å². The van der Waals surface area contributed by atoms with Crippen molar-refractivity contribution >= 4 is 29.9 Å². The van der Waals surface area contributed by atoms with Crippen LogP contribution in [0.3, 0.4) is 0 Å². The fraction of sp³-hybridized carbons (Fsp3) is 0.611. The Balaban J connectivity index is 0.00000264. The van der Waals surface area contributed by atoms with Crippen LogP contribution in [0.1, 0.15) is 44.6 Å². The van der Waals surface area contributed by atoms with E-state index < -0.39 is 0 Å². The van der Waals surface area contributed by atoms with E-state index in [2.05, 4.69) is 28.9 Å². The van der Waals surface area contributed by atoms with Gasteiger partial charge in [0.2, 0.25) is 0 Å². The van der Waals surface area contributed by atoms with Crippen molar-refractivity contribution in [2.45, 2.75) is 45.1 Å². The molecule has 3 atom stereocenters. The summed E-state index contributed by atoms with van der Waals surface area (Å²) in [5.41, 5.74) is 7.40. The van der Waals surface area contributed by atoms with Crippen molar-refractivity contribution < 1.29 is 5.11 Å². The minimum Gasteiger partial charge on any atom is -0.393 e. The minimum absolute atomic E-state index is 0. The summed E-state index contributed by atoms with van der Waals surface area (Å²) in [7, 11) is 0. The Bertz CT molecular complexity index is 478. The number of likely N-dealkylation sites (tertiary alicyclic amines) is 1. The van der Waals surface area contributed by atoms with Crippen LogP contribution < -0.4 is 5.73 Å². The maximum atomic E-state index is 9.74. The van der Waals surface area contributed by atoms with Crippen molar-refractivity contribution in [3.63, 3.8) is 0 Å². The molecule has 1 aliphatic rings. The van der Waals surface area contributed by atoms with E-state index in [0.29, 0.717) is 24.8 Å². The third-order valence-electron chi connectivity index (χ3n) is 4.35. The number of aliphatic hydroxyl groups is 1. The van der Waals surface area contributed by atoms with Crippen molar-refractivity contribution in [1.29, 1.82) is 0 Å². The Morgan fingerprint density at radius 3 is 2.70 bits per heavy atom. The Labute approximate surface area is 157 Å². The van der Waals surface area contributed by atoms with E-state index in [1.165, 1.54) is 18.4 Å². The van der Waals surface area contributed by atoms with Crippen molar-refractivity contribution in [3.05, 3.63) is 35.9 Å². The summed E-state index contributed by atoms with van der Waals surface area (Å²) in [5.74, 6) is 1.55. The third-order valence-corrected chi connectivity index (χ3v) is 4.35. The highest BCUT2D eigenvalue weighted by molar-refractivity contribution is 14.0.